The summed E-state index contributed by atoms with van der Waals surface area (Å²) >= 11 is 0. The minimum absolute atomic E-state index is 0.000909. The van der Waals surface area contributed by atoms with Crippen molar-refractivity contribution in [2.45, 2.75) is 13.5 Å². The molecule has 2 heterocycles. The lowest BCUT2D eigenvalue weighted by atomic mass is 10.2. The molecule has 0 bridgehead atoms. The van der Waals surface area contributed by atoms with Gasteiger partial charge < -0.3 is 20.4 Å². The van der Waals surface area contributed by atoms with E-state index in [1.807, 2.05) is 31.0 Å². The van der Waals surface area contributed by atoms with E-state index in [0.717, 1.165) is 16.9 Å². The number of likely N-dealkylation sites (N-methyl/N-ethyl adjacent to an activating group) is 2. The number of fused-ring (bicyclic) bond motifs is 1. The maximum Gasteiger partial charge on any atom is 0.255 e. The van der Waals surface area contributed by atoms with Crippen LogP contribution >= 0.6 is 0 Å². The zero-order chi connectivity index (χ0) is 22.8. The fourth-order valence-electron chi connectivity index (χ4n) is 3.49. The average Bonchev–Trinajstić information content (AvgIpc) is 2.77. The first-order valence-corrected chi connectivity index (χ1v) is 10.1. The largest absolute Gasteiger partial charge is 0.350 e. The minimum atomic E-state index is -0.386. The van der Waals surface area contributed by atoms with Crippen LogP contribution in [0, 0.1) is 12.7 Å². The lowest BCUT2D eigenvalue weighted by molar-refractivity contribution is -0.117. The Morgan fingerprint density at radius 3 is 2.44 bits per heavy atom. The van der Waals surface area contributed by atoms with Gasteiger partial charge in [-0.1, -0.05) is 12.1 Å². The smallest absolute Gasteiger partial charge is 0.255 e. The summed E-state index contributed by atoms with van der Waals surface area (Å²) in [4.78, 5) is 36.8. The molecule has 0 saturated carbocycles. The molecule has 0 spiro atoms. The van der Waals surface area contributed by atoms with Crippen molar-refractivity contribution in [3.05, 3.63) is 71.2 Å². The number of aromatic nitrogens is 2. The number of aryl methyl sites for hydroxylation is 1. The SMILES string of the molecule is Cc1nc(NCc2ccc(NC(=O)c3ccc(F)cc3)cc2)nc2c1N(C)C(=O)CN2C. The Labute approximate surface area is 185 Å². The van der Waals surface area contributed by atoms with Crippen molar-refractivity contribution >= 4 is 35.0 Å². The van der Waals surface area contributed by atoms with E-state index in [0.29, 0.717) is 29.6 Å². The van der Waals surface area contributed by atoms with Crippen molar-refractivity contribution in [2.75, 3.05) is 41.1 Å². The van der Waals surface area contributed by atoms with Crippen molar-refractivity contribution in [2.24, 2.45) is 0 Å². The van der Waals surface area contributed by atoms with Crippen LogP contribution in [0.5, 0.6) is 0 Å². The molecule has 0 unspecified atom stereocenters. The molecule has 0 fully saturated rings. The minimum Gasteiger partial charge on any atom is -0.350 e. The molecule has 32 heavy (non-hydrogen) atoms. The Balaban J connectivity index is 1.41. The van der Waals surface area contributed by atoms with Gasteiger partial charge in [-0.3, -0.25) is 9.59 Å². The van der Waals surface area contributed by atoms with Gasteiger partial charge in [0.2, 0.25) is 11.9 Å². The van der Waals surface area contributed by atoms with Gasteiger partial charge in [-0.25, -0.2) is 9.37 Å². The molecule has 2 aromatic carbocycles. The summed E-state index contributed by atoms with van der Waals surface area (Å²) in [6, 6.07) is 12.7. The number of hydrogen-bond acceptors (Lipinski definition) is 6. The van der Waals surface area contributed by atoms with E-state index < -0.39 is 0 Å². The maximum absolute atomic E-state index is 13.0. The van der Waals surface area contributed by atoms with E-state index in [-0.39, 0.29) is 24.2 Å². The third-order valence-corrected chi connectivity index (χ3v) is 5.25. The zero-order valence-electron chi connectivity index (χ0n) is 18.0. The quantitative estimate of drug-likeness (QED) is 0.641. The Morgan fingerprint density at radius 1 is 1.06 bits per heavy atom. The first-order chi connectivity index (χ1) is 15.3. The lowest BCUT2D eigenvalue weighted by Gasteiger charge is -2.32. The molecule has 1 aliphatic heterocycles. The van der Waals surface area contributed by atoms with Crippen molar-refractivity contribution < 1.29 is 14.0 Å². The number of anilines is 4. The molecule has 164 valence electrons. The van der Waals surface area contributed by atoms with Crippen LogP contribution in [0.3, 0.4) is 0 Å². The van der Waals surface area contributed by atoms with Gasteiger partial charge in [0.25, 0.3) is 5.91 Å². The average molecular weight is 434 g/mol. The highest BCUT2D eigenvalue weighted by Gasteiger charge is 2.28. The molecule has 1 aromatic heterocycles. The summed E-state index contributed by atoms with van der Waals surface area (Å²) < 4.78 is 13.0. The van der Waals surface area contributed by atoms with Gasteiger partial charge >= 0.3 is 0 Å². The zero-order valence-corrected chi connectivity index (χ0v) is 18.0. The normalized spacial score (nSPS) is 13.1. The number of nitrogens with one attached hydrogen (secondary N) is 2. The fraction of sp³-hybridized carbons (Fsp3) is 0.217. The second-order valence-electron chi connectivity index (χ2n) is 7.63. The van der Waals surface area contributed by atoms with E-state index in [1.54, 1.807) is 24.1 Å². The van der Waals surface area contributed by atoms with Crippen LogP contribution < -0.4 is 20.4 Å². The monoisotopic (exact) mass is 434 g/mol. The lowest BCUT2D eigenvalue weighted by Crippen LogP contribution is -2.43. The highest BCUT2D eigenvalue weighted by atomic mass is 19.1. The van der Waals surface area contributed by atoms with Crippen LogP contribution in [0.25, 0.3) is 0 Å². The molecule has 8 nitrogen and oxygen atoms in total. The summed E-state index contributed by atoms with van der Waals surface area (Å²) in [5, 5.41) is 6.00. The molecule has 0 atom stereocenters. The van der Waals surface area contributed by atoms with Crippen LogP contribution in [0.1, 0.15) is 21.6 Å². The van der Waals surface area contributed by atoms with Crippen molar-refractivity contribution in [1.29, 1.82) is 0 Å². The van der Waals surface area contributed by atoms with Gasteiger partial charge in [-0.15, -0.1) is 0 Å². The number of hydrogen-bond donors (Lipinski definition) is 2. The van der Waals surface area contributed by atoms with E-state index >= 15 is 0 Å². The van der Waals surface area contributed by atoms with Crippen molar-refractivity contribution in [1.82, 2.24) is 9.97 Å². The molecular formula is C23H23FN6O2. The predicted octanol–water partition coefficient (Wildman–Crippen LogP) is 3.20. The van der Waals surface area contributed by atoms with Gasteiger partial charge in [-0.2, -0.15) is 4.98 Å². The van der Waals surface area contributed by atoms with E-state index in [9.17, 15) is 14.0 Å². The second-order valence-corrected chi connectivity index (χ2v) is 7.63. The van der Waals surface area contributed by atoms with Crippen LogP contribution in [-0.4, -0.2) is 42.4 Å². The first kappa shape index (κ1) is 21.2. The van der Waals surface area contributed by atoms with E-state index in [1.165, 1.54) is 24.3 Å². The van der Waals surface area contributed by atoms with Gasteiger partial charge in [-0.05, 0) is 48.9 Å². The summed E-state index contributed by atoms with van der Waals surface area (Å²) in [7, 11) is 3.56. The summed E-state index contributed by atoms with van der Waals surface area (Å²) in [5.74, 6) is 0.495. The fourth-order valence-corrected chi connectivity index (χ4v) is 3.49. The van der Waals surface area contributed by atoms with Gasteiger partial charge in [0.05, 0.1) is 12.2 Å². The third-order valence-electron chi connectivity index (χ3n) is 5.25. The number of nitrogens with zero attached hydrogens (tertiary/aromatic N) is 4. The van der Waals surface area contributed by atoms with Crippen LogP contribution in [0.15, 0.2) is 48.5 Å². The predicted molar refractivity (Wildman–Crippen MR) is 122 cm³/mol. The number of carbonyl (C=O) groups excluding carboxylic acids is 2. The van der Waals surface area contributed by atoms with E-state index in [4.69, 9.17) is 0 Å². The summed E-state index contributed by atoms with van der Waals surface area (Å²) in [6.45, 7) is 2.61. The molecule has 9 heteroatoms. The summed E-state index contributed by atoms with van der Waals surface area (Å²) in [6.07, 6.45) is 0. The number of carbonyl (C=O) groups is 2. The number of rotatable bonds is 5. The van der Waals surface area contributed by atoms with Crippen molar-refractivity contribution in [3.8, 4) is 0 Å². The van der Waals surface area contributed by atoms with Crippen LogP contribution in [-0.2, 0) is 11.3 Å². The Bertz CT molecular complexity index is 1160. The van der Waals surface area contributed by atoms with Crippen molar-refractivity contribution in [3.63, 3.8) is 0 Å². The highest BCUT2D eigenvalue weighted by Crippen LogP contribution is 2.33. The molecule has 1 aliphatic rings. The molecule has 2 amide bonds. The second kappa shape index (κ2) is 8.62. The molecular weight excluding hydrogens is 411 g/mol. The maximum atomic E-state index is 13.0. The molecule has 0 saturated heterocycles. The number of amides is 2. The van der Waals surface area contributed by atoms with E-state index in [2.05, 4.69) is 20.6 Å². The number of halogens is 1. The Morgan fingerprint density at radius 2 is 1.75 bits per heavy atom. The number of benzene rings is 2. The van der Waals surface area contributed by atoms with Gasteiger partial charge in [0.1, 0.15) is 11.5 Å². The topological polar surface area (TPSA) is 90.5 Å². The standard InChI is InChI=1S/C23H23FN6O2/c1-14-20-21(29(2)13-19(31)30(20)3)28-23(26-14)25-12-15-4-10-18(11-5-15)27-22(32)16-6-8-17(24)9-7-16/h4-11H,12-13H2,1-3H3,(H,27,32)(H,25,26,28). The summed E-state index contributed by atoms with van der Waals surface area (Å²) in [5.41, 5.74) is 3.44. The first-order valence-electron chi connectivity index (χ1n) is 10.1. The van der Waals surface area contributed by atoms with Crippen LogP contribution in [0.4, 0.5) is 27.5 Å². The van der Waals surface area contributed by atoms with Gasteiger partial charge in [0, 0.05) is 31.9 Å². The molecule has 0 aliphatic carbocycles. The Hall–Kier alpha value is -4.01. The third kappa shape index (κ3) is 4.36. The molecule has 0 radical (unpaired) electrons. The molecule has 3 aromatic rings. The highest BCUT2D eigenvalue weighted by molar-refractivity contribution is 6.04. The molecule has 2 N–H and O–H groups in total. The van der Waals surface area contributed by atoms with Gasteiger partial charge in [0.15, 0.2) is 5.82 Å². The van der Waals surface area contributed by atoms with Crippen LogP contribution in [0.2, 0.25) is 0 Å². The Kier molecular flexibility index (Phi) is 5.72. The molecule has 4 rings (SSSR count).